The molecular weight excluding hydrogens is 168 g/mol. The number of rotatable bonds is 0. The number of carbonyl (C=O) groups excluding carboxylic acids is 2. The van der Waals surface area contributed by atoms with E-state index in [1.807, 2.05) is 0 Å². The van der Waals surface area contributed by atoms with Crippen LogP contribution in [0.15, 0.2) is 0 Å². The highest BCUT2D eigenvalue weighted by Gasteiger charge is 2.49. The van der Waals surface area contributed by atoms with Crippen LogP contribution in [0.25, 0.3) is 0 Å². The Labute approximate surface area is 78.9 Å². The maximum atomic E-state index is 11.3. The monoisotopic (exact) mass is 183 g/mol. The molecule has 0 bridgehead atoms. The molecule has 1 heterocycles. The second-order valence-corrected chi connectivity index (χ2v) is 4.86. The molecule has 2 rings (SSSR count). The van der Waals surface area contributed by atoms with Gasteiger partial charge in [-0.05, 0) is 24.7 Å². The number of fused-ring (bicyclic) bond motifs is 1. The number of esters is 2. The van der Waals surface area contributed by atoms with Crippen LogP contribution in [0.3, 0.4) is 0 Å². The van der Waals surface area contributed by atoms with Crippen molar-refractivity contribution in [3.8, 4) is 0 Å². The molecule has 2 aliphatic rings. The molecular formula is C10H15O3+. The molecule has 2 unspecified atom stereocenters. The molecule has 0 amide bonds. The van der Waals surface area contributed by atoms with Crippen molar-refractivity contribution < 1.29 is 15.8 Å². The zero-order valence-electron chi connectivity index (χ0n) is 9.00. The number of ether oxygens (including phenoxy) is 1. The molecule has 1 saturated heterocycles. The Bertz CT molecular complexity index is 273. The lowest BCUT2D eigenvalue weighted by molar-refractivity contribution is -0.153. The van der Waals surface area contributed by atoms with E-state index in [1.165, 1.54) is 0 Å². The molecule has 0 aromatic carbocycles. The molecule has 0 aromatic rings. The van der Waals surface area contributed by atoms with Crippen LogP contribution < -0.4 is 0 Å². The van der Waals surface area contributed by atoms with Crippen LogP contribution in [0.5, 0.6) is 0 Å². The first-order valence-corrected chi connectivity index (χ1v) is 4.75. The highest BCUT2D eigenvalue weighted by atomic mass is 16.6. The largest absolute Gasteiger partial charge is 1.00 e. The number of hydrogen-bond donors (Lipinski definition) is 0. The molecule has 1 saturated carbocycles. The van der Waals surface area contributed by atoms with E-state index in [2.05, 4.69) is 18.6 Å². The van der Waals surface area contributed by atoms with Crippen LogP contribution in [0.1, 0.15) is 34.5 Å². The first-order chi connectivity index (χ1) is 5.99. The van der Waals surface area contributed by atoms with Gasteiger partial charge in [-0.1, -0.05) is 13.8 Å². The summed E-state index contributed by atoms with van der Waals surface area (Å²) in [6, 6.07) is 0. The lowest BCUT2D eigenvalue weighted by Gasteiger charge is -2.33. The van der Waals surface area contributed by atoms with Crippen molar-refractivity contribution in [2.24, 2.45) is 17.3 Å². The Kier molecular flexibility index (Phi) is 1.72. The van der Waals surface area contributed by atoms with Gasteiger partial charge in [0.15, 0.2) is 0 Å². The van der Waals surface area contributed by atoms with E-state index in [1.54, 1.807) is 0 Å². The highest BCUT2D eigenvalue weighted by Crippen LogP contribution is 2.45. The molecule has 2 atom stereocenters. The van der Waals surface area contributed by atoms with Crippen LogP contribution in [-0.4, -0.2) is 11.9 Å². The molecule has 1 aliphatic heterocycles. The molecule has 72 valence electrons. The third kappa shape index (κ3) is 1.36. The van der Waals surface area contributed by atoms with E-state index < -0.39 is 0 Å². The molecule has 1 aliphatic carbocycles. The Balaban J connectivity index is 0.000000980. The summed E-state index contributed by atoms with van der Waals surface area (Å²) in [5, 5.41) is 0. The maximum absolute atomic E-state index is 11.3. The van der Waals surface area contributed by atoms with Crippen LogP contribution in [0, 0.1) is 17.3 Å². The van der Waals surface area contributed by atoms with Crippen molar-refractivity contribution in [2.45, 2.75) is 33.1 Å². The average molecular weight is 183 g/mol. The minimum atomic E-state index is -0.303. The Morgan fingerprint density at radius 1 is 1.31 bits per heavy atom. The van der Waals surface area contributed by atoms with Gasteiger partial charge in [-0.15, -0.1) is 0 Å². The highest BCUT2D eigenvalue weighted by molar-refractivity contribution is 5.96. The van der Waals surface area contributed by atoms with Gasteiger partial charge >= 0.3 is 13.4 Å². The van der Waals surface area contributed by atoms with Crippen LogP contribution in [-0.2, 0) is 14.3 Å². The summed E-state index contributed by atoms with van der Waals surface area (Å²) in [6.07, 6.45) is 2.61. The van der Waals surface area contributed by atoms with Crippen molar-refractivity contribution >= 4 is 11.9 Å². The molecule has 0 spiro atoms. The normalized spacial score (nSPS) is 37.1. The molecule has 0 radical (unpaired) electrons. The van der Waals surface area contributed by atoms with Crippen LogP contribution in [0.4, 0.5) is 0 Å². The van der Waals surface area contributed by atoms with Gasteiger partial charge in [-0.2, -0.15) is 0 Å². The minimum absolute atomic E-state index is 0. The zero-order chi connectivity index (χ0) is 9.64. The maximum Gasteiger partial charge on any atom is 1.00 e. The SMILES string of the molecule is CC1(C)CCC2C(=O)OC(=O)C2C1.[H+]. The summed E-state index contributed by atoms with van der Waals surface area (Å²) in [4.78, 5) is 22.5. The van der Waals surface area contributed by atoms with E-state index in [9.17, 15) is 9.59 Å². The Hall–Kier alpha value is -0.860. The fourth-order valence-corrected chi connectivity index (χ4v) is 2.37. The second-order valence-electron chi connectivity index (χ2n) is 4.86. The topological polar surface area (TPSA) is 43.4 Å². The van der Waals surface area contributed by atoms with Gasteiger partial charge in [0, 0.05) is 0 Å². The van der Waals surface area contributed by atoms with E-state index in [0.717, 1.165) is 19.3 Å². The predicted octanol–water partition coefficient (Wildman–Crippen LogP) is 1.62. The Morgan fingerprint density at radius 2 is 1.92 bits per heavy atom. The summed E-state index contributed by atoms with van der Waals surface area (Å²) in [7, 11) is 0. The van der Waals surface area contributed by atoms with Crippen LogP contribution >= 0.6 is 0 Å². The molecule has 2 fully saturated rings. The second kappa shape index (κ2) is 2.56. The van der Waals surface area contributed by atoms with Crippen molar-refractivity contribution in [1.82, 2.24) is 0 Å². The van der Waals surface area contributed by atoms with Crippen molar-refractivity contribution in [3.05, 3.63) is 0 Å². The van der Waals surface area contributed by atoms with E-state index in [-0.39, 0.29) is 30.6 Å². The molecule has 3 heteroatoms. The molecule has 13 heavy (non-hydrogen) atoms. The van der Waals surface area contributed by atoms with E-state index in [4.69, 9.17) is 0 Å². The van der Waals surface area contributed by atoms with Gasteiger partial charge in [0.1, 0.15) is 0 Å². The first kappa shape index (κ1) is 8.73. The average Bonchev–Trinajstić information content (AvgIpc) is 2.26. The van der Waals surface area contributed by atoms with E-state index in [0.29, 0.717) is 0 Å². The van der Waals surface area contributed by atoms with Gasteiger partial charge in [0.25, 0.3) is 0 Å². The van der Waals surface area contributed by atoms with Crippen molar-refractivity contribution in [1.29, 1.82) is 0 Å². The summed E-state index contributed by atoms with van der Waals surface area (Å²) in [5.74, 6) is -0.898. The zero-order valence-corrected chi connectivity index (χ0v) is 8.00. The van der Waals surface area contributed by atoms with E-state index >= 15 is 0 Å². The predicted molar refractivity (Wildman–Crippen MR) is 46.8 cm³/mol. The molecule has 3 nitrogen and oxygen atoms in total. The Morgan fingerprint density at radius 3 is 2.62 bits per heavy atom. The number of hydrogen-bond acceptors (Lipinski definition) is 3. The third-order valence-electron chi connectivity index (χ3n) is 3.20. The van der Waals surface area contributed by atoms with Gasteiger partial charge in [-0.3, -0.25) is 9.59 Å². The third-order valence-corrected chi connectivity index (χ3v) is 3.20. The van der Waals surface area contributed by atoms with Gasteiger partial charge < -0.3 is 4.74 Å². The summed E-state index contributed by atoms with van der Waals surface area (Å²) in [5.41, 5.74) is 0.185. The standard InChI is InChI=1S/C10H14O3/c1-10(2)4-3-6-7(5-10)9(12)13-8(6)11/h6-7H,3-5H2,1-2H3/p+1. The smallest absolute Gasteiger partial charge is 0.393 e. The summed E-state index contributed by atoms with van der Waals surface area (Å²) in [6.45, 7) is 4.28. The molecule has 0 N–H and O–H groups in total. The summed E-state index contributed by atoms with van der Waals surface area (Å²) < 4.78 is 4.62. The number of carbonyl (C=O) groups is 2. The quantitative estimate of drug-likeness (QED) is 0.423. The van der Waals surface area contributed by atoms with Crippen molar-refractivity contribution in [2.75, 3.05) is 0 Å². The fourth-order valence-electron chi connectivity index (χ4n) is 2.37. The first-order valence-electron chi connectivity index (χ1n) is 4.75. The minimum Gasteiger partial charge on any atom is -0.393 e. The van der Waals surface area contributed by atoms with Crippen LogP contribution in [0.2, 0.25) is 0 Å². The molecule has 0 aromatic heterocycles. The summed E-state index contributed by atoms with van der Waals surface area (Å²) >= 11 is 0. The van der Waals surface area contributed by atoms with Crippen molar-refractivity contribution in [3.63, 3.8) is 0 Å². The fraction of sp³-hybridized carbons (Fsp3) is 0.800. The van der Waals surface area contributed by atoms with Gasteiger partial charge in [0.05, 0.1) is 11.8 Å². The lowest BCUT2D eigenvalue weighted by atomic mass is 9.68. The van der Waals surface area contributed by atoms with Gasteiger partial charge in [0.2, 0.25) is 0 Å². The van der Waals surface area contributed by atoms with Gasteiger partial charge in [-0.25, -0.2) is 0 Å². The lowest BCUT2D eigenvalue weighted by Crippen LogP contribution is -2.31. The number of cyclic esters (lactones) is 2.